The second-order valence-electron chi connectivity index (χ2n) is 7.57. The van der Waals surface area contributed by atoms with Gasteiger partial charge in [-0.25, -0.2) is 4.79 Å². The number of nitrogens with zero attached hydrogens (tertiary/aromatic N) is 2. The molecule has 9 heteroatoms. The molecular formula is C24H32N4O5. The lowest BCUT2D eigenvalue weighted by Gasteiger charge is -2.26. The Labute approximate surface area is 193 Å². The number of phenolic OH excluding ortho intramolecular Hbond substituents is 1. The highest BCUT2D eigenvalue weighted by atomic mass is 16.4. The van der Waals surface area contributed by atoms with E-state index in [0.29, 0.717) is 43.0 Å². The molecule has 0 aromatic heterocycles. The first-order valence-electron chi connectivity index (χ1n) is 10.9. The van der Waals surface area contributed by atoms with Gasteiger partial charge in [0.15, 0.2) is 0 Å². The van der Waals surface area contributed by atoms with E-state index in [2.05, 4.69) is 5.32 Å². The second kappa shape index (κ2) is 12.4. The molecule has 178 valence electrons. The summed E-state index contributed by atoms with van der Waals surface area (Å²) in [4.78, 5) is 29.9. The van der Waals surface area contributed by atoms with Gasteiger partial charge in [0, 0.05) is 36.4 Å². The van der Waals surface area contributed by atoms with Gasteiger partial charge in [-0.3, -0.25) is 9.79 Å². The zero-order valence-electron chi connectivity index (χ0n) is 19.0. The van der Waals surface area contributed by atoms with Gasteiger partial charge in [0.25, 0.3) is 0 Å². The van der Waals surface area contributed by atoms with E-state index in [0.717, 1.165) is 0 Å². The predicted molar refractivity (Wildman–Crippen MR) is 127 cm³/mol. The standard InChI is InChI=1S/C24H32N4O5/c1-3-18(29)14-22(31)26-11-12-28(4-2)23(27-15-17-7-5-6-8-21(17)30)19-10-9-16(24(32)33)13-20(19)25/h5-10,13,18,29-30H,3-4,11-12,14-15,25H2,1-2H3,(H,26,31)(H,32,33). The Hall–Kier alpha value is -3.59. The number of anilines is 1. The minimum Gasteiger partial charge on any atom is -0.508 e. The topological polar surface area (TPSA) is 148 Å². The number of rotatable bonds is 11. The Morgan fingerprint density at radius 1 is 1.18 bits per heavy atom. The molecule has 0 aliphatic heterocycles. The number of carboxylic acid groups (broad SMARTS) is 1. The fourth-order valence-electron chi connectivity index (χ4n) is 3.23. The zero-order valence-corrected chi connectivity index (χ0v) is 19.0. The van der Waals surface area contributed by atoms with Crippen molar-refractivity contribution in [3.8, 4) is 5.75 Å². The number of amidine groups is 1. The van der Waals surface area contributed by atoms with Crippen LogP contribution >= 0.6 is 0 Å². The molecule has 0 saturated heterocycles. The molecule has 0 aliphatic carbocycles. The maximum atomic E-state index is 12.0. The third-order valence-corrected chi connectivity index (χ3v) is 5.21. The predicted octanol–water partition coefficient (Wildman–Crippen LogP) is 2.22. The van der Waals surface area contributed by atoms with Gasteiger partial charge >= 0.3 is 5.97 Å². The molecule has 0 fully saturated rings. The van der Waals surface area contributed by atoms with Gasteiger partial charge in [0.2, 0.25) is 5.91 Å². The summed E-state index contributed by atoms with van der Waals surface area (Å²) >= 11 is 0. The number of nitrogens with one attached hydrogen (secondary N) is 1. The SMILES string of the molecule is CCC(O)CC(=O)NCCN(CC)C(=NCc1ccccc1O)c1ccc(C(=O)O)cc1N. The molecule has 1 atom stereocenters. The number of carboxylic acids is 1. The number of aliphatic hydroxyl groups is 1. The molecule has 0 spiro atoms. The molecule has 6 N–H and O–H groups in total. The fraction of sp³-hybridized carbons (Fsp3) is 0.375. The van der Waals surface area contributed by atoms with E-state index in [1.807, 2.05) is 18.7 Å². The summed E-state index contributed by atoms with van der Waals surface area (Å²) < 4.78 is 0. The minimum atomic E-state index is -1.08. The smallest absolute Gasteiger partial charge is 0.335 e. The van der Waals surface area contributed by atoms with Crippen LogP contribution in [0.4, 0.5) is 5.69 Å². The summed E-state index contributed by atoms with van der Waals surface area (Å²) in [7, 11) is 0. The van der Waals surface area contributed by atoms with Crippen LogP contribution in [0.15, 0.2) is 47.5 Å². The van der Waals surface area contributed by atoms with Crippen molar-refractivity contribution in [2.45, 2.75) is 39.3 Å². The number of likely N-dealkylation sites (N-methyl/N-ethyl adjacent to an activating group) is 1. The number of nitrogen functional groups attached to an aromatic ring is 1. The van der Waals surface area contributed by atoms with Crippen LogP contribution < -0.4 is 11.1 Å². The molecule has 1 amide bonds. The highest BCUT2D eigenvalue weighted by Gasteiger charge is 2.17. The number of aliphatic imine (C=N–C) groups is 1. The van der Waals surface area contributed by atoms with E-state index in [-0.39, 0.29) is 35.9 Å². The number of aromatic hydroxyl groups is 1. The van der Waals surface area contributed by atoms with E-state index in [1.165, 1.54) is 12.1 Å². The first-order chi connectivity index (χ1) is 15.8. The molecule has 2 aromatic carbocycles. The molecule has 2 aromatic rings. The van der Waals surface area contributed by atoms with Crippen LogP contribution in [0.1, 0.15) is 48.2 Å². The monoisotopic (exact) mass is 456 g/mol. The Morgan fingerprint density at radius 3 is 2.52 bits per heavy atom. The van der Waals surface area contributed by atoms with Gasteiger partial charge in [-0.1, -0.05) is 25.1 Å². The van der Waals surface area contributed by atoms with Crippen molar-refractivity contribution in [3.63, 3.8) is 0 Å². The first-order valence-corrected chi connectivity index (χ1v) is 10.9. The van der Waals surface area contributed by atoms with Gasteiger partial charge in [0.05, 0.1) is 24.6 Å². The van der Waals surface area contributed by atoms with E-state index in [9.17, 15) is 24.9 Å². The maximum Gasteiger partial charge on any atom is 0.335 e. The summed E-state index contributed by atoms with van der Waals surface area (Å²) in [5, 5.41) is 31.8. The third kappa shape index (κ3) is 7.50. The van der Waals surface area contributed by atoms with Gasteiger partial charge in [-0.05, 0) is 37.6 Å². The van der Waals surface area contributed by atoms with Crippen molar-refractivity contribution in [1.82, 2.24) is 10.2 Å². The molecule has 0 radical (unpaired) electrons. The number of aromatic carboxylic acids is 1. The van der Waals surface area contributed by atoms with Crippen molar-refractivity contribution in [1.29, 1.82) is 0 Å². The molecule has 0 saturated carbocycles. The van der Waals surface area contributed by atoms with E-state index < -0.39 is 12.1 Å². The molecule has 1 unspecified atom stereocenters. The lowest BCUT2D eigenvalue weighted by atomic mass is 10.1. The number of para-hydroxylation sites is 1. The van der Waals surface area contributed by atoms with E-state index >= 15 is 0 Å². The first kappa shape index (κ1) is 25.7. The number of carbonyl (C=O) groups excluding carboxylic acids is 1. The van der Waals surface area contributed by atoms with E-state index in [4.69, 9.17) is 10.7 Å². The van der Waals surface area contributed by atoms with Crippen LogP contribution in [-0.2, 0) is 11.3 Å². The summed E-state index contributed by atoms with van der Waals surface area (Å²) in [6, 6.07) is 11.3. The molecule has 9 nitrogen and oxygen atoms in total. The summed E-state index contributed by atoms with van der Waals surface area (Å²) in [5.41, 5.74) is 7.71. The van der Waals surface area contributed by atoms with E-state index in [1.54, 1.807) is 30.3 Å². The lowest BCUT2D eigenvalue weighted by Crippen LogP contribution is -2.40. The average molecular weight is 457 g/mol. The minimum absolute atomic E-state index is 0.0421. The Bertz CT molecular complexity index is 993. The Kier molecular flexibility index (Phi) is 9.68. The number of aliphatic hydroxyl groups excluding tert-OH is 1. The quantitative estimate of drug-likeness (QED) is 0.198. The number of hydrogen-bond acceptors (Lipinski definition) is 6. The summed E-state index contributed by atoms with van der Waals surface area (Å²) in [6.45, 7) is 5.22. The highest BCUT2D eigenvalue weighted by Crippen LogP contribution is 2.21. The van der Waals surface area contributed by atoms with Crippen LogP contribution in [0.25, 0.3) is 0 Å². The maximum absolute atomic E-state index is 12.0. The number of hydrogen-bond donors (Lipinski definition) is 5. The molecule has 0 aliphatic rings. The van der Waals surface area contributed by atoms with Crippen LogP contribution in [0.2, 0.25) is 0 Å². The van der Waals surface area contributed by atoms with Crippen molar-refractivity contribution < 1.29 is 24.9 Å². The normalized spacial score (nSPS) is 12.3. The van der Waals surface area contributed by atoms with Crippen molar-refractivity contribution in [2.24, 2.45) is 4.99 Å². The molecule has 0 heterocycles. The van der Waals surface area contributed by atoms with Crippen LogP contribution in [-0.4, -0.2) is 63.7 Å². The van der Waals surface area contributed by atoms with Crippen LogP contribution in [0.5, 0.6) is 5.75 Å². The average Bonchev–Trinajstić information content (AvgIpc) is 2.79. The third-order valence-electron chi connectivity index (χ3n) is 5.21. The highest BCUT2D eigenvalue weighted by molar-refractivity contribution is 6.04. The molecule has 33 heavy (non-hydrogen) atoms. The number of carbonyl (C=O) groups is 2. The summed E-state index contributed by atoms with van der Waals surface area (Å²) in [6.07, 6.45) is -0.125. The van der Waals surface area contributed by atoms with Crippen LogP contribution in [0.3, 0.4) is 0 Å². The van der Waals surface area contributed by atoms with Gasteiger partial charge in [-0.15, -0.1) is 0 Å². The summed E-state index contributed by atoms with van der Waals surface area (Å²) in [5.74, 6) is -0.665. The molecular weight excluding hydrogens is 424 g/mol. The zero-order chi connectivity index (χ0) is 24.4. The van der Waals surface area contributed by atoms with Crippen LogP contribution in [0, 0.1) is 0 Å². The van der Waals surface area contributed by atoms with Gasteiger partial charge in [-0.2, -0.15) is 0 Å². The molecule has 2 rings (SSSR count). The van der Waals surface area contributed by atoms with Crippen molar-refractivity contribution in [3.05, 3.63) is 59.2 Å². The number of amides is 1. The fourth-order valence-corrected chi connectivity index (χ4v) is 3.23. The van der Waals surface area contributed by atoms with Gasteiger partial charge in [0.1, 0.15) is 11.6 Å². The molecule has 0 bridgehead atoms. The number of phenols is 1. The van der Waals surface area contributed by atoms with Crippen molar-refractivity contribution in [2.75, 3.05) is 25.4 Å². The Balaban J connectivity index is 2.28. The number of benzene rings is 2. The Morgan fingerprint density at radius 2 is 1.91 bits per heavy atom. The largest absolute Gasteiger partial charge is 0.508 e. The lowest BCUT2D eigenvalue weighted by molar-refractivity contribution is -0.123. The second-order valence-corrected chi connectivity index (χ2v) is 7.57. The van der Waals surface area contributed by atoms with Crippen molar-refractivity contribution >= 4 is 23.4 Å². The van der Waals surface area contributed by atoms with Gasteiger partial charge < -0.3 is 31.3 Å². The number of nitrogens with two attached hydrogens (primary N) is 1.